The largest absolute Gasteiger partial charge is 0.383 e. The lowest BCUT2D eigenvalue weighted by Crippen LogP contribution is -2.10. The fourth-order valence-electron chi connectivity index (χ4n) is 1.71. The molecule has 0 radical (unpaired) electrons. The molecule has 1 N–H and O–H groups in total. The van der Waals surface area contributed by atoms with E-state index in [9.17, 15) is 22.7 Å². The highest BCUT2D eigenvalue weighted by molar-refractivity contribution is 9.10. The van der Waals surface area contributed by atoms with Crippen LogP contribution in [0.1, 0.15) is 17.2 Å². The van der Waals surface area contributed by atoms with Gasteiger partial charge in [0.1, 0.15) is 29.4 Å². The molecule has 0 fully saturated rings. The Balaban J connectivity index is 2.63. The lowest BCUT2D eigenvalue weighted by molar-refractivity contribution is 0.198. The highest BCUT2D eigenvalue weighted by Gasteiger charge is 2.26. The van der Waals surface area contributed by atoms with E-state index >= 15 is 0 Å². The average Bonchev–Trinajstić information content (AvgIpc) is 2.34. The van der Waals surface area contributed by atoms with Gasteiger partial charge in [-0.15, -0.1) is 0 Å². The van der Waals surface area contributed by atoms with Gasteiger partial charge in [0.05, 0.1) is 15.6 Å². The molecule has 0 aliphatic carbocycles. The third kappa shape index (κ3) is 2.50. The first kappa shape index (κ1) is 14.0. The van der Waals surface area contributed by atoms with Crippen LogP contribution in [0.3, 0.4) is 0 Å². The molecule has 1 atom stereocenters. The SMILES string of the molecule is OC(c1c(F)cccc1F)c1c(F)ccc(Br)c1F. The molecule has 1 nitrogen and oxygen atoms in total. The normalized spacial score (nSPS) is 12.5. The zero-order valence-corrected chi connectivity index (χ0v) is 10.9. The monoisotopic (exact) mass is 334 g/mol. The van der Waals surface area contributed by atoms with Crippen LogP contribution in [0.5, 0.6) is 0 Å². The number of aliphatic hydroxyl groups excluding tert-OH is 1. The van der Waals surface area contributed by atoms with E-state index in [0.29, 0.717) is 0 Å². The van der Waals surface area contributed by atoms with Crippen molar-refractivity contribution in [2.24, 2.45) is 0 Å². The van der Waals surface area contributed by atoms with Crippen LogP contribution in [-0.2, 0) is 0 Å². The summed E-state index contributed by atoms with van der Waals surface area (Å²) in [5, 5.41) is 9.86. The Hall–Kier alpha value is -1.40. The zero-order chi connectivity index (χ0) is 14.2. The third-order valence-electron chi connectivity index (χ3n) is 2.63. The van der Waals surface area contributed by atoms with Gasteiger partial charge in [-0.1, -0.05) is 6.07 Å². The van der Waals surface area contributed by atoms with Crippen LogP contribution in [0, 0.1) is 23.3 Å². The predicted molar refractivity (Wildman–Crippen MR) is 64.5 cm³/mol. The maximum absolute atomic E-state index is 13.8. The van der Waals surface area contributed by atoms with Crippen LogP contribution in [0.25, 0.3) is 0 Å². The molecule has 0 heterocycles. The molecule has 0 saturated heterocycles. The summed E-state index contributed by atoms with van der Waals surface area (Å²) in [6.45, 7) is 0. The van der Waals surface area contributed by atoms with E-state index in [1.54, 1.807) is 0 Å². The van der Waals surface area contributed by atoms with Crippen LogP contribution in [0.15, 0.2) is 34.8 Å². The minimum absolute atomic E-state index is 0.111. The molecule has 0 amide bonds. The Morgan fingerprint density at radius 1 is 0.842 bits per heavy atom. The molecule has 2 aromatic carbocycles. The third-order valence-corrected chi connectivity index (χ3v) is 3.24. The minimum atomic E-state index is -2.07. The molecule has 19 heavy (non-hydrogen) atoms. The van der Waals surface area contributed by atoms with Gasteiger partial charge in [0, 0.05) is 0 Å². The molecule has 2 aromatic rings. The van der Waals surface area contributed by atoms with E-state index in [4.69, 9.17) is 0 Å². The molecule has 6 heteroatoms. The van der Waals surface area contributed by atoms with Gasteiger partial charge in [0.2, 0.25) is 0 Å². The van der Waals surface area contributed by atoms with Crippen molar-refractivity contribution in [1.29, 1.82) is 0 Å². The van der Waals surface area contributed by atoms with Crippen molar-refractivity contribution >= 4 is 15.9 Å². The Morgan fingerprint density at radius 2 is 1.37 bits per heavy atom. The second-order valence-corrected chi connectivity index (χ2v) is 4.65. The van der Waals surface area contributed by atoms with E-state index < -0.39 is 40.5 Å². The van der Waals surface area contributed by atoms with Crippen molar-refractivity contribution in [2.45, 2.75) is 6.10 Å². The molecule has 0 aliphatic rings. The quantitative estimate of drug-likeness (QED) is 0.648. The van der Waals surface area contributed by atoms with Crippen molar-refractivity contribution in [3.8, 4) is 0 Å². The van der Waals surface area contributed by atoms with Gasteiger partial charge in [-0.25, -0.2) is 17.6 Å². The van der Waals surface area contributed by atoms with Gasteiger partial charge in [-0.2, -0.15) is 0 Å². The number of aliphatic hydroxyl groups is 1. The number of hydrogen-bond acceptors (Lipinski definition) is 1. The fraction of sp³-hybridized carbons (Fsp3) is 0.0769. The molecule has 2 rings (SSSR count). The summed E-state index contributed by atoms with van der Waals surface area (Å²) < 4.78 is 54.2. The van der Waals surface area contributed by atoms with E-state index in [1.807, 2.05) is 0 Å². The highest BCUT2D eigenvalue weighted by atomic mass is 79.9. The zero-order valence-electron chi connectivity index (χ0n) is 9.30. The van der Waals surface area contributed by atoms with Crippen molar-refractivity contribution in [3.63, 3.8) is 0 Å². The maximum atomic E-state index is 13.8. The summed E-state index contributed by atoms with van der Waals surface area (Å²) in [5.41, 5.74) is -1.60. The van der Waals surface area contributed by atoms with Gasteiger partial charge < -0.3 is 5.11 Å². The Labute approximate surface area is 114 Å². The van der Waals surface area contributed by atoms with Gasteiger partial charge in [0.15, 0.2) is 0 Å². The van der Waals surface area contributed by atoms with Gasteiger partial charge in [0.25, 0.3) is 0 Å². The molecule has 100 valence electrons. The van der Waals surface area contributed by atoms with Crippen LogP contribution in [0.2, 0.25) is 0 Å². The van der Waals surface area contributed by atoms with E-state index in [2.05, 4.69) is 15.9 Å². The van der Waals surface area contributed by atoms with Crippen molar-refractivity contribution in [2.75, 3.05) is 0 Å². The van der Waals surface area contributed by atoms with Crippen molar-refractivity contribution in [1.82, 2.24) is 0 Å². The molecule has 0 spiro atoms. The predicted octanol–water partition coefficient (Wildman–Crippen LogP) is 4.09. The van der Waals surface area contributed by atoms with E-state index in [1.165, 1.54) is 0 Å². The number of rotatable bonds is 2. The second-order valence-electron chi connectivity index (χ2n) is 3.79. The number of benzene rings is 2. The van der Waals surface area contributed by atoms with Crippen LogP contribution in [-0.4, -0.2) is 5.11 Å². The molecule has 0 bridgehead atoms. The summed E-state index contributed by atoms with van der Waals surface area (Å²) in [5.74, 6) is -4.34. The molecular formula is C13H7BrF4O. The standard InChI is InChI=1S/C13H7BrF4O/c14-6-4-5-9(17)11(12(6)18)13(19)10-7(15)2-1-3-8(10)16/h1-5,13,19H. The van der Waals surface area contributed by atoms with Crippen LogP contribution < -0.4 is 0 Å². The Morgan fingerprint density at radius 3 is 1.95 bits per heavy atom. The summed E-state index contributed by atoms with van der Waals surface area (Å²) >= 11 is 2.82. The molecule has 0 aromatic heterocycles. The van der Waals surface area contributed by atoms with Crippen molar-refractivity contribution in [3.05, 3.63) is 69.2 Å². The first-order valence-electron chi connectivity index (χ1n) is 5.19. The Kier molecular flexibility index (Phi) is 3.91. The van der Waals surface area contributed by atoms with Crippen molar-refractivity contribution < 1.29 is 22.7 Å². The topological polar surface area (TPSA) is 20.2 Å². The molecule has 0 saturated carbocycles. The molecular weight excluding hydrogens is 328 g/mol. The number of hydrogen-bond donors (Lipinski definition) is 1. The smallest absolute Gasteiger partial charge is 0.146 e. The second kappa shape index (κ2) is 5.30. The molecule has 1 unspecified atom stereocenters. The van der Waals surface area contributed by atoms with Gasteiger partial charge >= 0.3 is 0 Å². The van der Waals surface area contributed by atoms with E-state index in [0.717, 1.165) is 30.3 Å². The fourth-order valence-corrected chi connectivity index (χ4v) is 2.06. The summed E-state index contributed by atoms with van der Waals surface area (Å²) in [7, 11) is 0. The Bertz CT molecular complexity index is 610. The summed E-state index contributed by atoms with van der Waals surface area (Å²) in [4.78, 5) is 0. The first-order chi connectivity index (χ1) is 8.93. The summed E-state index contributed by atoms with van der Waals surface area (Å²) in [6.07, 6.45) is -2.07. The van der Waals surface area contributed by atoms with Crippen LogP contribution >= 0.6 is 15.9 Å². The lowest BCUT2D eigenvalue weighted by atomic mass is 9.99. The van der Waals surface area contributed by atoms with Gasteiger partial charge in [-0.05, 0) is 40.2 Å². The van der Waals surface area contributed by atoms with Gasteiger partial charge in [-0.3, -0.25) is 0 Å². The average molecular weight is 335 g/mol. The highest BCUT2D eigenvalue weighted by Crippen LogP contribution is 2.32. The van der Waals surface area contributed by atoms with Crippen LogP contribution in [0.4, 0.5) is 17.6 Å². The summed E-state index contributed by atoms with van der Waals surface area (Å²) in [6, 6.07) is 4.88. The molecule has 0 aliphatic heterocycles. The number of halogens is 5. The van der Waals surface area contributed by atoms with E-state index in [-0.39, 0.29) is 4.47 Å². The maximum Gasteiger partial charge on any atom is 0.146 e. The minimum Gasteiger partial charge on any atom is -0.383 e. The first-order valence-corrected chi connectivity index (χ1v) is 5.98. The lowest BCUT2D eigenvalue weighted by Gasteiger charge is -2.15.